The minimum Gasteiger partial charge on any atom is -0.481 e. The van der Waals surface area contributed by atoms with Gasteiger partial charge in [-0.2, -0.15) is 5.10 Å². The molecule has 0 saturated carbocycles. The molecular formula is C19H24N4O4. The van der Waals surface area contributed by atoms with E-state index in [9.17, 15) is 14.4 Å². The van der Waals surface area contributed by atoms with E-state index in [4.69, 9.17) is 4.74 Å². The first-order valence-electron chi connectivity index (χ1n) is 8.74. The molecule has 1 unspecified atom stereocenters. The Bertz CT molecular complexity index is 892. The maximum absolute atomic E-state index is 12.2. The number of nitrogens with one attached hydrogen (secondary N) is 2. The number of hydrogen-bond acceptors (Lipinski definition) is 5. The third kappa shape index (κ3) is 5.16. The van der Waals surface area contributed by atoms with Crippen molar-refractivity contribution in [3.05, 3.63) is 57.5 Å². The molecule has 0 fully saturated rings. The van der Waals surface area contributed by atoms with Crippen LogP contribution in [0.4, 0.5) is 0 Å². The number of hydrazine groups is 1. The molecular weight excluding hydrogens is 348 g/mol. The predicted molar refractivity (Wildman–Crippen MR) is 100 cm³/mol. The number of amides is 2. The van der Waals surface area contributed by atoms with Gasteiger partial charge < -0.3 is 4.74 Å². The summed E-state index contributed by atoms with van der Waals surface area (Å²) in [6.45, 7) is 7.76. The van der Waals surface area contributed by atoms with Crippen molar-refractivity contribution in [3.8, 4) is 5.75 Å². The lowest BCUT2D eigenvalue weighted by atomic mass is 10.1. The lowest BCUT2D eigenvalue weighted by Gasteiger charge is -2.17. The minimum atomic E-state index is -0.812. The van der Waals surface area contributed by atoms with Crippen LogP contribution in [0.5, 0.6) is 5.75 Å². The van der Waals surface area contributed by atoms with Crippen molar-refractivity contribution >= 4 is 11.8 Å². The summed E-state index contributed by atoms with van der Waals surface area (Å²) in [5.74, 6) is -0.518. The molecule has 8 heteroatoms. The standard InChI is InChI=1S/C19H24N4O4/c1-5-11-23-17(24)10-9-15(22-23)19(26)21-20-18(25)14(4)27-16-8-6-7-12(2)13(16)3/h6-10,14H,5,11H2,1-4H3,(H,20,25)(H,21,26). The van der Waals surface area contributed by atoms with E-state index in [2.05, 4.69) is 16.0 Å². The lowest BCUT2D eigenvalue weighted by Crippen LogP contribution is -2.47. The van der Waals surface area contributed by atoms with Gasteiger partial charge in [-0.05, 0) is 50.5 Å². The second kappa shape index (κ2) is 8.98. The quantitative estimate of drug-likeness (QED) is 0.748. The molecule has 2 N–H and O–H groups in total. The van der Waals surface area contributed by atoms with Crippen LogP contribution in [0.3, 0.4) is 0 Å². The molecule has 0 bridgehead atoms. The maximum atomic E-state index is 12.2. The molecule has 0 saturated heterocycles. The van der Waals surface area contributed by atoms with Crippen LogP contribution in [0.15, 0.2) is 35.1 Å². The number of carbonyl (C=O) groups is 2. The molecule has 2 amide bonds. The Morgan fingerprint density at radius 2 is 1.93 bits per heavy atom. The van der Waals surface area contributed by atoms with Gasteiger partial charge in [0.2, 0.25) is 0 Å². The zero-order valence-electron chi connectivity index (χ0n) is 15.9. The number of ether oxygens (including phenoxy) is 1. The number of benzene rings is 1. The van der Waals surface area contributed by atoms with E-state index in [1.165, 1.54) is 16.8 Å². The Hall–Kier alpha value is -3.16. The van der Waals surface area contributed by atoms with Gasteiger partial charge in [0.25, 0.3) is 17.4 Å². The van der Waals surface area contributed by atoms with E-state index >= 15 is 0 Å². The van der Waals surface area contributed by atoms with Crippen LogP contribution in [0.1, 0.15) is 41.9 Å². The Morgan fingerprint density at radius 3 is 2.63 bits per heavy atom. The highest BCUT2D eigenvalue weighted by molar-refractivity contribution is 5.93. The summed E-state index contributed by atoms with van der Waals surface area (Å²) >= 11 is 0. The summed E-state index contributed by atoms with van der Waals surface area (Å²) in [7, 11) is 0. The molecule has 144 valence electrons. The summed E-state index contributed by atoms with van der Waals surface area (Å²) in [4.78, 5) is 36.0. The first kappa shape index (κ1) is 20.2. The van der Waals surface area contributed by atoms with Gasteiger partial charge >= 0.3 is 0 Å². The predicted octanol–water partition coefficient (Wildman–Crippen LogP) is 1.50. The van der Waals surface area contributed by atoms with E-state index < -0.39 is 17.9 Å². The fourth-order valence-electron chi connectivity index (χ4n) is 2.32. The number of rotatable bonds is 6. The van der Waals surface area contributed by atoms with E-state index in [0.717, 1.165) is 11.1 Å². The molecule has 0 radical (unpaired) electrons. The first-order chi connectivity index (χ1) is 12.8. The van der Waals surface area contributed by atoms with E-state index in [0.29, 0.717) is 18.7 Å². The molecule has 2 rings (SSSR count). The zero-order chi connectivity index (χ0) is 20.0. The molecule has 0 spiro atoms. The van der Waals surface area contributed by atoms with Crippen molar-refractivity contribution in [2.45, 2.75) is 46.8 Å². The highest BCUT2D eigenvalue weighted by Gasteiger charge is 2.18. The normalized spacial score (nSPS) is 11.6. The summed E-state index contributed by atoms with van der Waals surface area (Å²) in [5, 5.41) is 3.98. The van der Waals surface area contributed by atoms with Crippen LogP contribution in [0.2, 0.25) is 0 Å². The lowest BCUT2D eigenvalue weighted by molar-refractivity contribution is -0.128. The van der Waals surface area contributed by atoms with E-state index in [-0.39, 0.29) is 11.3 Å². The smallest absolute Gasteiger partial charge is 0.290 e. The first-order valence-corrected chi connectivity index (χ1v) is 8.74. The second-order valence-electron chi connectivity index (χ2n) is 6.18. The van der Waals surface area contributed by atoms with Crippen LogP contribution >= 0.6 is 0 Å². The fourth-order valence-corrected chi connectivity index (χ4v) is 2.32. The van der Waals surface area contributed by atoms with Crippen LogP contribution in [0.25, 0.3) is 0 Å². The Labute approximate surface area is 157 Å². The highest BCUT2D eigenvalue weighted by atomic mass is 16.5. The third-order valence-corrected chi connectivity index (χ3v) is 4.06. The van der Waals surface area contributed by atoms with Gasteiger partial charge in [0.1, 0.15) is 5.75 Å². The zero-order valence-corrected chi connectivity index (χ0v) is 15.9. The van der Waals surface area contributed by atoms with Gasteiger partial charge in [-0.15, -0.1) is 0 Å². The van der Waals surface area contributed by atoms with Crippen molar-refractivity contribution in [2.75, 3.05) is 0 Å². The number of aromatic nitrogens is 2. The molecule has 1 heterocycles. The highest BCUT2D eigenvalue weighted by Crippen LogP contribution is 2.21. The molecule has 1 aromatic carbocycles. The maximum Gasteiger partial charge on any atom is 0.290 e. The molecule has 1 atom stereocenters. The van der Waals surface area contributed by atoms with Gasteiger partial charge in [-0.3, -0.25) is 25.2 Å². The molecule has 0 aliphatic carbocycles. The monoisotopic (exact) mass is 372 g/mol. The van der Waals surface area contributed by atoms with E-state index in [1.54, 1.807) is 13.0 Å². The average Bonchev–Trinajstić information content (AvgIpc) is 2.65. The SMILES string of the molecule is CCCn1nc(C(=O)NNC(=O)C(C)Oc2cccc(C)c2C)ccc1=O. The Balaban J connectivity index is 1.96. The van der Waals surface area contributed by atoms with E-state index in [1.807, 2.05) is 32.9 Å². The number of carbonyl (C=O) groups excluding carboxylic acids is 2. The third-order valence-electron chi connectivity index (χ3n) is 4.06. The average molecular weight is 372 g/mol. The number of nitrogens with zero attached hydrogens (tertiary/aromatic N) is 2. The van der Waals surface area contributed by atoms with Crippen LogP contribution < -0.4 is 21.1 Å². The molecule has 27 heavy (non-hydrogen) atoms. The van der Waals surface area contributed by atoms with Crippen molar-refractivity contribution in [1.82, 2.24) is 20.6 Å². The van der Waals surface area contributed by atoms with Crippen molar-refractivity contribution in [2.24, 2.45) is 0 Å². The van der Waals surface area contributed by atoms with Crippen LogP contribution in [-0.2, 0) is 11.3 Å². The molecule has 2 aromatic rings. The molecule has 0 aliphatic heterocycles. The summed E-state index contributed by atoms with van der Waals surface area (Å²) < 4.78 is 6.88. The molecule has 8 nitrogen and oxygen atoms in total. The number of hydrogen-bond donors (Lipinski definition) is 2. The largest absolute Gasteiger partial charge is 0.481 e. The Kier molecular flexibility index (Phi) is 6.70. The van der Waals surface area contributed by atoms with Crippen molar-refractivity contribution in [3.63, 3.8) is 0 Å². The topological polar surface area (TPSA) is 102 Å². The van der Waals surface area contributed by atoms with Gasteiger partial charge in [-0.1, -0.05) is 19.1 Å². The van der Waals surface area contributed by atoms with Crippen molar-refractivity contribution in [1.29, 1.82) is 0 Å². The van der Waals surface area contributed by atoms with Crippen LogP contribution in [0, 0.1) is 13.8 Å². The van der Waals surface area contributed by atoms with Crippen molar-refractivity contribution < 1.29 is 14.3 Å². The summed E-state index contributed by atoms with van der Waals surface area (Å²) in [5.41, 5.74) is 6.35. The van der Waals surface area contributed by atoms with Gasteiger partial charge in [0.05, 0.1) is 0 Å². The minimum absolute atomic E-state index is 0.0338. The molecule has 0 aliphatic rings. The summed E-state index contributed by atoms with van der Waals surface area (Å²) in [6.07, 6.45) is -0.102. The van der Waals surface area contributed by atoms with Gasteiger partial charge in [0, 0.05) is 12.6 Å². The van der Waals surface area contributed by atoms with Gasteiger partial charge in [-0.25, -0.2) is 4.68 Å². The van der Waals surface area contributed by atoms with Gasteiger partial charge in [0.15, 0.2) is 11.8 Å². The Morgan fingerprint density at radius 1 is 1.19 bits per heavy atom. The van der Waals surface area contributed by atoms with Crippen LogP contribution in [-0.4, -0.2) is 27.7 Å². The molecule has 1 aromatic heterocycles. The number of aryl methyl sites for hydroxylation is 2. The fraction of sp³-hybridized carbons (Fsp3) is 0.368. The summed E-state index contributed by atoms with van der Waals surface area (Å²) in [6, 6.07) is 8.17. The second-order valence-corrected chi connectivity index (χ2v) is 6.18.